The van der Waals surface area contributed by atoms with Crippen LogP contribution in [0.4, 0.5) is 0 Å². The highest BCUT2D eigenvalue weighted by Crippen LogP contribution is 2.27. The fourth-order valence-electron chi connectivity index (χ4n) is 3.78. The lowest BCUT2D eigenvalue weighted by Crippen LogP contribution is -2.50. The van der Waals surface area contributed by atoms with Gasteiger partial charge in [0.2, 0.25) is 11.8 Å². The highest BCUT2D eigenvalue weighted by Gasteiger charge is 2.34. The van der Waals surface area contributed by atoms with Crippen LogP contribution in [0.1, 0.15) is 35.3 Å². The Hall–Kier alpha value is -3.48. The summed E-state index contributed by atoms with van der Waals surface area (Å²) in [5.74, 6) is 5.50. The van der Waals surface area contributed by atoms with Crippen molar-refractivity contribution in [3.63, 3.8) is 0 Å². The lowest BCUT2D eigenvalue weighted by atomic mass is 9.99. The molecule has 3 atom stereocenters. The molecule has 0 spiro atoms. The van der Waals surface area contributed by atoms with Gasteiger partial charge in [0.05, 0.1) is 25.6 Å². The molecule has 0 radical (unpaired) electrons. The third-order valence-corrected chi connectivity index (χ3v) is 5.93. The van der Waals surface area contributed by atoms with Crippen LogP contribution in [0.5, 0.6) is 5.88 Å². The van der Waals surface area contributed by atoms with E-state index in [0.717, 1.165) is 5.56 Å². The molecule has 0 aromatic carbocycles. The molecule has 9 heteroatoms. The minimum Gasteiger partial charge on any atom is -0.472 e. The van der Waals surface area contributed by atoms with Gasteiger partial charge in [-0.2, -0.15) is 0 Å². The first-order chi connectivity index (χ1) is 16.8. The second-order valence-electron chi connectivity index (χ2n) is 8.75. The van der Waals surface area contributed by atoms with Gasteiger partial charge < -0.3 is 24.4 Å². The van der Waals surface area contributed by atoms with E-state index < -0.39 is 12.1 Å². The number of amides is 2. The number of ether oxygens (including phenoxy) is 2. The Labute approximate surface area is 206 Å². The molecule has 1 N–H and O–H groups in total. The molecule has 2 aromatic rings. The van der Waals surface area contributed by atoms with Crippen molar-refractivity contribution in [2.45, 2.75) is 32.4 Å². The number of aliphatic hydroxyl groups excluding tert-OH is 1. The zero-order valence-corrected chi connectivity index (χ0v) is 20.6. The minimum absolute atomic E-state index is 0.0653. The van der Waals surface area contributed by atoms with E-state index in [1.807, 2.05) is 13.0 Å². The monoisotopic (exact) mass is 480 g/mol. The summed E-state index contributed by atoms with van der Waals surface area (Å²) in [6, 6.07) is 4.91. The molecule has 2 amide bonds. The number of pyridine rings is 2. The van der Waals surface area contributed by atoms with E-state index >= 15 is 0 Å². The average molecular weight is 481 g/mol. The van der Waals surface area contributed by atoms with E-state index in [2.05, 4.69) is 21.8 Å². The number of likely N-dealkylation sites (N-methyl/N-ethyl adjacent to an activating group) is 1. The summed E-state index contributed by atoms with van der Waals surface area (Å²) in [5, 5.41) is 9.79. The summed E-state index contributed by atoms with van der Waals surface area (Å²) in [7, 11) is 3.29. The van der Waals surface area contributed by atoms with Crippen LogP contribution in [0.3, 0.4) is 0 Å². The predicted molar refractivity (Wildman–Crippen MR) is 130 cm³/mol. The second kappa shape index (κ2) is 12.3. The third-order valence-electron chi connectivity index (χ3n) is 5.93. The van der Waals surface area contributed by atoms with E-state index in [1.165, 1.54) is 0 Å². The number of carbonyl (C=O) groups excluding carboxylic acids is 2. The molecule has 3 rings (SSSR count). The van der Waals surface area contributed by atoms with Gasteiger partial charge in [-0.05, 0) is 24.6 Å². The molecule has 0 fully saturated rings. The second-order valence-corrected chi connectivity index (χ2v) is 8.75. The van der Waals surface area contributed by atoms with Crippen molar-refractivity contribution in [3.05, 3.63) is 53.5 Å². The molecular formula is C26H32N4O5. The summed E-state index contributed by atoms with van der Waals surface area (Å²) >= 11 is 0. The molecule has 3 heterocycles. The maximum absolute atomic E-state index is 13.4. The molecular weight excluding hydrogens is 448 g/mol. The molecule has 2 aromatic heterocycles. The van der Waals surface area contributed by atoms with Crippen molar-refractivity contribution in [1.29, 1.82) is 0 Å². The molecule has 0 unspecified atom stereocenters. The zero-order chi connectivity index (χ0) is 25.4. The molecule has 0 saturated carbocycles. The number of nitrogens with zero attached hydrogens (tertiary/aromatic N) is 4. The number of fused-ring (bicyclic) bond motifs is 1. The molecule has 186 valence electrons. The Morgan fingerprint density at radius 2 is 2.23 bits per heavy atom. The van der Waals surface area contributed by atoms with Gasteiger partial charge in [0, 0.05) is 50.8 Å². The normalized spacial score (nSPS) is 18.3. The van der Waals surface area contributed by atoms with Gasteiger partial charge in [0.15, 0.2) is 0 Å². The largest absolute Gasteiger partial charge is 0.472 e. The van der Waals surface area contributed by atoms with Crippen LogP contribution in [0.25, 0.3) is 0 Å². The van der Waals surface area contributed by atoms with E-state index in [9.17, 15) is 14.7 Å². The summed E-state index contributed by atoms with van der Waals surface area (Å²) in [5.41, 5.74) is 1.66. The zero-order valence-electron chi connectivity index (χ0n) is 20.6. The van der Waals surface area contributed by atoms with E-state index in [-0.39, 0.29) is 48.8 Å². The van der Waals surface area contributed by atoms with Crippen LogP contribution in [0, 0.1) is 17.8 Å². The van der Waals surface area contributed by atoms with Crippen molar-refractivity contribution in [2.75, 3.05) is 40.5 Å². The van der Waals surface area contributed by atoms with E-state index in [0.29, 0.717) is 18.7 Å². The fourth-order valence-corrected chi connectivity index (χ4v) is 3.78. The van der Waals surface area contributed by atoms with Gasteiger partial charge in [0.25, 0.3) is 5.91 Å². The Balaban J connectivity index is 1.87. The minimum atomic E-state index is -0.420. The number of carbonyl (C=O) groups is 2. The molecule has 0 bridgehead atoms. The number of hydrogen-bond donors (Lipinski definition) is 1. The maximum atomic E-state index is 13.4. The van der Waals surface area contributed by atoms with Gasteiger partial charge in [-0.3, -0.25) is 14.6 Å². The van der Waals surface area contributed by atoms with Crippen molar-refractivity contribution in [3.8, 4) is 17.7 Å². The highest BCUT2D eigenvalue weighted by molar-refractivity contribution is 5.97. The van der Waals surface area contributed by atoms with Crippen LogP contribution in [0.15, 0.2) is 36.8 Å². The summed E-state index contributed by atoms with van der Waals surface area (Å²) < 4.78 is 11.2. The Bertz CT molecular complexity index is 1080. The van der Waals surface area contributed by atoms with Crippen LogP contribution in [0.2, 0.25) is 0 Å². The first-order valence-corrected chi connectivity index (χ1v) is 11.5. The van der Waals surface area contributed by atoms with E-state index in [4.69, 9.17) is 9.47 Å². The number of hydrogen-bond acceptors (Lipinski definition) is 7. The topological polar surface area (TPSA) is 105 Å². The van der Waals surface area contributed by atoms with E-state index in [1.54, 1.807) is 61.6 Å². The molecule has 9 nitrogen and oxygen atoms in total. The van der Waals surface area contributed by atoms with Crippen LogP contribution in [-0.4, -0.2) is 89.3 Å². The van der Waals surface area contributed by atoms with Gasteiger partial charge in [-0.15, -0.1) is 0 Å². The van der Waals surface area contributed by atoms with Gasteiger partial charge >= 0.3 is 0 Å². The van der Waals surface area contributed by atoms with Crippen LogP contribution in [-0.2, 0) is 16.0 Å². The molecule has 0 saturated heterocycles. The maximum Gasteiger partial charge on any atom is 0.259 e. The third kappa shape index (κ3) is 6.78. The number of methoxy groups -OCH3 is 1. The van der Waals surface area contributed by atoms with Crippen molar-refractivity contribution in [1.82, 2.24) is 19.8 Å². The van der Waals surface area contributed by atoms with Gasteiger partial charge in [0.1, 0.15) is 18.3 Å². The number of rotatable bonds is 7. The van der Waals surface area contributed by atoms with Gasteiger partial charge in [-0.25, -0.2) is 4.98 Å². The summed E-state index contributed by atoms with van der Waals surface area (Å²) in [4.78, 5) is 38.0. The summed E-state index contributed by atoms with van der Waals surface area (Å²) in [6.45, 7) is 4.50. The van der Waals surface area contributed by atoms with Crippen molar-refractivity contribution >= 4 is 11.8 Å². The van der Waals surface area contributed by atoms with Crippen LogP contribution >= 0.6 is 0 Å². The first-order valence-electron chi connectivity index (χ1n) is 11.5. The van der Waals surface area contributed by atoms with Crippen LogP contribution < -0.4 is 4.74 Å². The smallest absolute Gasteiger partial charge is 0.259 e. The Kier molecular flexibility index (Phi) is 9.18. The lowest BCUT2D eigenvalue weighted by molar-refractivity contribution is -0.130. The quantitative estimate of drug-likeness (QED) is 0.597. The molecule has 35 heavy (non-hydrogen) atoms. The van der Waals surface area contributed by atoms with Crippen molar-refractivity contribution < 1.29 is 24.2 Å². The summed E-state index contributed by atoms with van der Waals surface area (Å²) in [6.07, 6.45) is 4.70. The molecule has 1 aliphatic rings. The van der Waals surface area contributed by atoms with Gasteiger partial charge in [-0.1, -0.05) is 24.8 Å². The Morgan fingerprint density at radius 3 is 2.91 bits per heavy atom. The van der Waals surface area contributed by atoms with Crippen molar-refractivity contribution in [2.24, 2.45) is 5.92 Å². The fraction of sp³-hybridized carbons (Fsp3) is 0.462. The molecule has 0 aliphatic carbocycles. The first kappa shape index (κ1) is 26.1. The molecule has 1 aliphatic heterocycles. The average Bonchev–Trinajstić information content (AvgIpc) is 2.86. The number of aliphatic hydroxyl groups is 1. The number of aromatic nitrogens is 2. The highest BCUT2D eigenvalue weighted by atomic mass is 16.5. The standard InChI is InChI=1S/C26H32N4O5/c1-18-15-30(19(2)17-31)26(33)22-11-20(8-6-10-34-4)14-28-25(22)35-23(18)16-29(3)24(32)12-21-7-5-9-27-13-21/h5,7,9,11,13-14,18-19,23,31H,10,12,15-17H2,1-4H3/t18-,19+,23+/m1/s1. The SMILES string of the molecule is COCC#Cc1cnc2c(c1)C(=O)N([C@@H](C)CO)C[C@@H](C)[C@H](CN(C)C(=O)Cc1cccnc1)O2. The Morgan fingerprint density at radius 1 is 1.43 bits per heavy atom. The predicted octanol–water partition coefficient (Wildman–Crippen LogP) is 1.40. The lowest BCUT2D eigenvalue weighted by Gasteiger charge is -2.37.